The zero-order valence-corrected chi connectivity index (χ0v) is 11.3. The molecular weight excluding hydrogens is 260 g/mol. The summed E-state index contributed by atoms with van der Waals surface area (Å²) in [4.78, 5) is 0. The first-order chi connectivity index (χ1) is 9.60. The summed E-state index contributed by atoms with van der Waals surface area (Å²) in [7, 11) is 1.62. The van der Waals surface area contributed by atoms with E-state index in [0.29, 0.717) is 12.0 Å². The van der Waals surface area contributed by atoms with Crippen molar-refractivity contribution < 1.29 is 13.5 Å². The number of benzene rings is 2. The number of methoxy groups -OCH3 is 1. The summed E-state index contributed by atoms with van der Waals surface area (Å²) in [5.74, 6) is -0.905. The zero-order chi connectivity index (χ0) is 14.5. The van der Waals surface area contributed by atoms with Crippen molar-refractivity contribution in [1.82, 2.24) is 0 Å². The van der Waals surface area contributed by atoms with E-state index >= 15 is 0 Å². The molecule has 106 valence electrons. The van der Waals surface area contributed by atoms with Gasteiger partial charge in [0.05, 0.1) is 7.11 Å². The lowest BCUT2D eigenvalue weighted by molar-refractivity contribution is 0.414. The highest BCUT2D eigenvalue weighted by Crippen LogP contribution is 2.20. The van der Waals surface area contributed by atoms with Crippen LogP contribution in [-0.2, 0) is 6.42 Å². The molecule has 0 spiro atoms. The van der Waals surface area contributed by atoms with Crippen molar-refractivity contribution in [3.63, 3.8) is 0 Å². The van der Waals surface area contributed by atoms with Gasteiger partial charge in [0.25, 0.3) is 0 Å². The molecule has 0 fully saturated rings. The van der Waals surface area contributed by atoms with Gasteiger partial charge in [0.2, 0.25) is 0 Å². The molecule has 2 aromatic rings. The average Bonchev–Trinajstić information content (AvgIpc) is 2.48. The number of hydrogen-bond acceptors (Lipinski definition) is 2. The molecule has 1 unspecified atom stereocenters. The Morgan fingerprint density at radius 1 is 1.05 bits per heavy atom. The van der Waals surface area contributed by atoms with Crippen LogP contribution in [0.5, 0.6) is 5.75 Å². The largest absolute Gasteiger partial charge is 0.497 e. The highest BCUT2D eigenvalue weighted by Gasteiger charge is 2.10. The van der Waals surface area contributed by atoms with Crippen LogP contribution < -0.4 is 10.5 Å². The quantitative estimate of drug-likeness (QED) is 0.906. The van der Waals surface area contributed by atoms with Crippen LogP contribution in [0.3, 0.4) is 0 Å². The van der Waals surface area contributed by atoms with E-state index in [9.17, 15) is 8.78 Å². The number of aryl methyl sites for hydroxylation is 1. The second-order valence-corrected chi connectivity index (χ2v) is 4.67. The van der Waals surface area contributed by atoms with Gasteiger partial charge in [-0.3, -0.25) is 0 Å². The molecule has 2 rings (SSSR count). The summed E-state index contributed by atoms with van der Waals surface area (Å²) in [6.45, 7) is 0. The van der Waals surface area contributed by atoms with E-state index in [1.807, 2.05) is 24.3 Å². The van der Waals surface area contributed by atoms with E-state index in [0.717, 1.165) is 29.9 Å². The number of ether oxygens (including phenoxy) is 1. The minimum atomic E-state index is -0.859. The molecule has 0 bridgehead atoms. The Hall–Kier alpha value is -1.94. The molecule has 0 saturated heterocycles. The molecule has 0 amide bonds. The van der Waals surface area contributed by atoms with E-state index in [-0.39, 0.29) is 6.04 Å². The number of nitrogens with two attached hydrogens (primary N) is 1. The summed E-state index contributed by atoms with van der Waals surface area (Å²) in [6, 6.07) is 11.2. The van der Waals surface area contributed by atoms with Gasteiger partial charge in [-0.15, -0.1) is 0 Å². The Balaban J connectivity index is 1.96. The van der Waals surface area contributed by atoms with Crippen molar-refractivity contribution in [2.24, 2.45) is 5.73 Å². The maximum absolute atomic E-state index is 13.1. The van der Waals surface area contributed by atoms with Crippen molar-refractivity contribution in [3.8, 4) is 5.75 Å². The second-order valence-electron chi connectivity index (χ2n) is 4.67. The van der Waals surface area contributed by atoms with E-state index in [1.54, 1.807) is 7.11 Å². The third kappa shape index (κ3) is 3.54. The Kier molecular flexibility index (Phi) is 4.69. The number of rotatable bonds is 5. The van der Waals surface area contributed by atoms with E-state index in [4.69, 9.17) is 10.5 Å². The van der Waals surface area contributed by atoms with Gasteiger partial charge in [-0.25, -0.2) is 8.78 Å². The lowest BCUT2D eigenvalue weighted by Crippen LogP contribution is -2.12. The Labute approximate surface area is 117 Å². The molecule has 2 aromatic carbocycles. The summed E-state index contributed by atoms with van der Waals surface area (Å²) < 4.78 is 31.1. The Morgan fingerprint density at radius 2 is 1.75 bits per heavy atom. The molecule has 0 aliphatic rings. The predicted octanol–water partition coefficient (Wildman–Crippen LogP) is 3.61. The third-order valence-electron chi connectivity index (χ3n) is 3.27. The van der Waals surface area contributed by atoms with Crippen LogP contribution >= 0.6 is 0 Å². The maximum atomic E-state index is 13.1. The third-order valence-corrected chi connectivity index (χ3v) is 3.27. The average molecular weight is 277 g/mol. The summed E-state index contributed by atoms with van der Waals surface area (Å²) in [5, 5.41) is 0. The fraction of sp³-hybridized carbons (Fsp3) is 0.250. The topological polar surface area (TPSA) is 35.2 Å². The summed E-state index contributed by atoms with van der Waals surface area (Å²) in [6.07, 6.45) is 1.43. The van der Waals surface area contributed by atoms with Crippen molar-refractivity contribution in [1.29, 1.82) is 0 Å². The molecule has 2 nitrogen and oxygen atoms in total. The summed E-state index contributed by atoms with van der Waals surface area (Å²) >= 11 is 0. The maximum Gasteiger partial charge on any atom is 0.159 e. The number of halogens is 2. The summed E-state index contributed by atoms with van der Waals surface area (Å²) in [5.41, 5.74) is 7.74. The minimum absolute atomic E-state index is 0.313. The molecule has 2 N–H and O–H groups in total. The first kappa shape index (κ1) is 14.5. The first-order valence-corrected chi connectivity index (χ1v) is 6.43. The highest BCUT2D eigenvalue weighted by molar-refractivity contribution is 5.27. The van der Waals surface area contributed by atoms with Crippen molar-refractivity contribution >= 4 is 0 Å². The molecule has 0 aliphatic carbocycles. The van der Waals surface area contributed by atoms with E-state index in [1.165, 1.54) is 6.07 Å². The van der Waals surface area contributed by atoms with Crippen LogP contribution in [0.15, 0.2) is 42.5 Å². The van der Waals surface area contributed by atoms with Crippen LogP contribution in [0.1, 0.15) is 23.6 Å². The molecule has 0 aliphatic heterocycles. The van der Waals surface area contributed by atoms with Gasteiger partial charge in [-0.05, 0) is 48.2 Å². The second kappa shape index (κ2) is 6.48. The minimum Gasteiger partial charge on any atom is -0.497 e. The van der Waals surface area contributed by atoms with Crippen LogP contribution in [0.4, 0.5) is 8.78 Å². The van der Waals surface area contributed by atoms with Crippen LogP contribution in [0.2, 0.25) is 0 Å². The van der Waals surface area contributed by atoms with Crippen molar-refractivity contribution in [2.75, 3.05) is 7.11 Å². The number of hydrogen-bond donors (Lipinski definition) is 1. The molecule has 1 atom stereocenters. The molecule has 0 saturated carbocycles. The SMILES string of the molecule is COc1ccc(CCC(N)c2ccc(F)c(F)c2)cc1. The van der Waals surface area contributed by atoms with Gasteiger partial charge in [-0.2, -0.15) is 0 Å². The lowest BCUT2D eigenvalue weighted by atomic mass is 9.99. The van der Waals surface area contributed by atoms with Crippen LogP contribution in [0, 0.1) is 11.6 Å². The van der Waals surface area contributed by atoms with Gasteiger partial charge in [-0.1, -0.05) is 18.2 Å². The van der Waals surface area contributed by atoms with Crippen LogP contribution in [0.25, 0.3) is 0 Å². The van der Waals surface area contributed by atoms with Gasteiger partial charge in [0.15, 0.2) is 11.6 Å². The smallest absolute Gasteiger partial charge is 0.159 e. The highest BCUT2D eigenvalue weighted by atomic mass is 19.2. The lowest BCUT2D eigenvalue weighted by Gasteiger charge is -2.12. The molecule has 4 heteroatoms. The first-order valence-electron chi connectivity index (χ1n) is 6.43. The fourth-order valence-corrected chi connectivity index (χ4v) is 2.02. The van der Waals surface area contributed by atoms with Crippen molar-refractivity contribution in [3.05, 3.63) is 65.2 Å². The molecule has 0 heterocycles. The van der Waals surface area contributed by atoms with Crippen LogP contribution in [-0.4, -0.2) is 7.11 Å². The molecule has 0 radical (unpaired) electrons. The molecular formula is C16H17F2NO. The van der Waals surface area contributed by atoms with Gasteiger partial charge >= 0.3 is 0 Å². The predicted molar refractivity (Wildman–Crippen MR) is 74.6 cm³/mol. The Bertz CT molecular complexity index is 569. The van der Waals surface area contributed by atoms with E-state index < -0.39 is 11.6 Å². The van der Waals surface area contributed by atoms with Gasteiger partial charge in [0, 0.05) is 6.04 Å². The van der Waals surface area contributed by atoms with E-state index in [2.05, 4.69) is 0 Å². The van der Waals surface area contributed by atoms with Gasteiger partial charge in [0.1, 0.15) is 5.75 Å². The fourth-order valence-electron chi connectivity index (χ4n) is 2.02. The zero-order valence-electron chi connectivity index (χ0n) is 11.3. The van der Waals surface area contributed by atoms with Gasteiger partial charge < -0.3 is 10.5 Å². The normalized spacial score (nSPS) is 12.2. The molecule has 20 heavy (non-hydrogen) atoms. The Morgan fingerprint density at radius 3 is 2.35 bits per heavy atom. The standard InChI is InChI=1S/C16H17F2NO/c1-20-13-6-2-11(3-7-13)4-9-16(19)12-5-8-14(17)15(18)10-12/h2-3,5-8,10,16H,4,9,19H2,1H3. The monoisotopic (exact) mass is 277 g/mol. The molecule has 0 aromatic heterocycles. The van der Waals surface area contributed by atoms with Crippen molar-refractivity contribution in [2.45, 2.75) is 18.9 Å².